The van der Waals surface area contributed by atoms with E-state index < -0.39 is 0 Å². The molecule has 0 aromatic carbocycles. The summed E-state index contributed by atoms with van der Waals surface area (Å²) in [5, 5.41) is 12.0. The van der Waals surface area contributed by atoms with Crippen LogP contribution in [0.1, 0.15) is 0 Å². The topological polar surface area (TPSA) is 65.7 Å². The lowest BCUT2D eigenvalue weighted by molar-refractivity contribution is 0.432. The SMILES string of the molecule is N=c1cnoc2[nH]ccc12. The largest absolute Gasteiger partial charge is 0.338 e. The van der Waals surface area contributed by atoms with Gasteiger partial charge in [-0.25, -0.2) is 0 Å². The smallest absolute Gasteiger partial charge is 0.236 e. The predicted molar refractivity (Wildman–Crippen MR) is 34.2 cm³/mol. The Morgan fingerprint density at radius 3 is 3.30 bits per heavy atom. The van der Waals surface area contributed by atoms with Gasteiger partial charge in [0.15, 0.2) is 0 Å². The first kappa shape index (κ1) is 5.22. The van der Waals surface area contributed by atoms with Crippen LogP contribution in [-0.4, -0.2) is 10.1 Å². The van der Waals surface area contributed by atoms with Crippen LogP contribution in [0.25, 0.3) is 11.1 Å². The Morgan fingerprint density at radius 2 is 2.50 bits per heavy atom. The molecule has 0 amide bonds. The zero-order chi connectivity index (χ0) is 6.97. The zero-order valence-corrected chi connectivity index (χ0v) is 5.09. The normalized spacial score (nSPS) is 10.4. The van der Waals surface area contributed by atoms with E-state index in [0.29, 0.717) is 11.1 Å². The number of hydrogen-bond donors (Lipinski definition) is 2. The van der Waals surface area contributed by atoms with Crippen molar-refractivity contribution in [2.45, 2.75) is 0 Å². The van der Waals surface area contributed by atoms with E-state index in [1.165, 1.54) is 6.20 Å². The van der Waals surface area contributed by atoms with Crippen LogP contribution in [0, 0.1) is 5.41 Å². The number of rotatable bonds is 0. The fourth-order valence-electron chi connectivity index (χ4n) is 0.843. The van der Waals surface area contributed by atoms with Crippen LogP contribution in [0.5, 0.6) is 0 Å². The minimum Gasteiger partial charge on any atom is -0.338 e. The van der Waals surface area contributed by atoms with Crippen molar-refractivity contribution < 1.29 is 4.52 Å². The fourth-order valence-corrected chi connectivity index (χ4v) is 0.843. The summed E-state index contributed by atoms with van der Waals surface area (Å²) in [5.41, 5.74) is 0.549. The molecule has 4 heteroatoms. The summed E-state index contributed by atoms with van der Waals surface area (Å²) >= 11 is 0. The summed E-state index contributed by atoms with van der Waals surface area (Å²) in [5.74, 6) is 0. The molecule has 0 saturated heterocycles. The zero-order valence-electron chi connectivity index (χ0n) is 5.09. The number of hydrogen-bond acceptors (Lipinski definition) is 3. The second-order valence-corrected chi connectivity index (χ2v) is 1.96. The molecule has 0 atom stereocenters. The van der Waals surface area contributed by atoms with Gasteiger partial charge in [-0.05, 0) is 6.07 Å². The highest BCUT2D eigenvalue weighted by Gasteiger charge is 1.95. The maximum absolute atomic E-state index is 7.34. The minimum absolute atomic E-state index is 0.377. The molecule has 0 saturated carbocycles. The number of nitrogens with one attached hydrogen (secondary N) is 2. The third kappa shape index (κ3) is 0.556. The molecule has 0 fully saturated rings. The van der Waals surface area contributed by atoms with Crippen LogP contribution in [0.4, 0.5) is 0 Å². The highest BCUT2D eigenvalue weighted by molar-refractivity contribution is 5.71. The molecule has 2 rings (SSSR count). The lowest BCUT2D eigenvalue weighted by Gasteiger charge is -1.83. The lowest BCUT2D eigenvalue weighted by atomic mass is 10.4. The van der Waals surface area contributed by atoms with Crippen LogP contribution >= 0.6 is 0 Å². The molecule has 2 N–H and O–H groups in total. The number of nitrogens with zero attached hydrogens (tertiary/aromatic N) is 1. The highest BCUT2D eigenvalue weighted by atomic mass is 16.5. The first-order valence-corrected chi connectivity index (χ1v) is 2.84. The van der Waals surface area contributed by atoms with E-state index in [4.69, 9.17) is 9.93 Å². The van der Waals surface area contributed by atoms with Gasteiger partial charge < -0.3 is 9.51 Å². The molecule has 2 aromatic rings. The molecule has 0 aliphatic heterocycles. The fraction of sp³-hybridized carbons (Fsp3) is 0. The molecule has 0 aliphatic carbocycles. The minimum atomic E-state index is 0.377. The van der Waals surface area contributed by atoms with Crippen molar-refractivity contribution in [3.8, 4) is 0 Å². The van der Waals surface area contributed by atoms with Crippen molar-refractivity contribution in [3.05, 3.63) is 23.8 Å². The molecule has 10 heavy (non-hydrogen) atoms. The van der Waals surface area contributed by atoms with Gasteiger partial charge in [-0.15, -0.1) is 0 Å². The molecule has 0 radical (unpaired) electrons. The monoisotopic (exact) mass is 135 g/mol. The third-order valence-electron chi connectivity index (χ3n) is 1.33. The Hall–Kier alpha value is -1.58. The van der Waals surface area contributed by atoms with Crippen molar-refractivity contribution >= 4 is 11.1 Å². The van der Waals surface area contributed by atoms with E-state index in [1.807, 2.05) is 0 Å². The van der Waals surface area contributed by atoms with Gasteiger partial charge >= 0.3 is 0 Å². The van der Waals surface area contributed by atoms with Crippen LogP contribution in [0.15, 0.2) is 23.0 Å². The van der Waals surface area contributed by atoms with Crippen molar-refractivity contribution in [1.29, 1.82) is 5.41 Å². The molecule has 4 nitrogen and oxygen atoms in total. The first-order valence-electron chi connectivity index (χ1n) is 2.84. The summed E-state index contributed by atoms with van der Waals surface area (Å²) in [6.07, 6.45) is 3.09. The number of aromatic amines is 1. The highest BCUT2D eigenvalue weighted by Crippen LogP contribution is 2.02. The molecule has 0 spiro atoms. The summed E-state index contributed by atoms with van der Waals surface area (Å²) in [4.78, 5) is 2.81. The number of H-pyrrole nitrogens is 1. The Labute approximate surface area is 56.0 Å². The maximum atomic E-state index is 7.34. The lowest BCUT2D eigenvalue weighted by Crippen LogP contribution is -1.98. The second kappa shape index (κ2) is 1.70. The molecule has 0 bridgehead atoms. The Kier molecular flexibility index (Phi) is 0.887. The standard InChI is InChI=1S/C6H5N3O/c7-5-3-9-10-6-4(5)1-2-8-6/h1-3,7-8H. The number of aromatic nitrogens is 2. The summed E-state index contributed by atoms with van der Waals surface area (Å²) in [6, 6.07) is 1.78. The van der Waals surface area contributed by atoms with Crippen LogP contribution in [0.2, 0.25) is 0 Å². The average molecular weight is 135 g/mol. The van der Waals surface area contributed by atoms with Gasteiger partial charge in [-0.2, -0.15) is 0 Å². The number of fused-ring (bicyclic) bond motifs is 1. The molecular weight excluding hydrogens is 130 g/mol. The van der Waals surface area contributed by atoms with Gasteiger partial charge in [0.2, 0.25) is 5.71 Å². The molecule has 0 unspecified atom stereocenters. The Bertz CT molecular complexity index is 400. The molecular formula is C6H5N3O. The van der Waals surface area contributed by atoms with E-state index in [2.05, 4.69) is 10.1 Å². The average Bonchev–Trinajstić information content (AvgIpc) is 2.36. The first-order chi connectivity index (χ1) is 4.88. The summed E-state index contributed by atoms with van der Waals surface area (Å²) in [7, 11) is 0. The van der Waals surface area contributed by atoms with Crippen molar-refractivity contribution in [1.82, 2.24) is 10.1 Å². The van der Waals surface area contributed by atoms with Gasteiger partial charge in [-0.1, -0.05) is 5.16 Å². The van der Waals surface area contributed by atoms with Gasteiger partial charge in [0.1, 0.15) is 0 Å². The quantitative estimate of drug-likeness (QED) is 0.556. The van der Waals surface area contributed by atoms with Crippen molar-refractivity contribution in [3.63, 3.8) is 0 Å². The van der Waals surface area contributed by atoms with E-state index >= 15 is 0 Å². The van der Waals surface area contributed by atoms with Crippen LogP contribution in [0.3, 0.4) is 0 Å². The third-order valence-corrected chi connectivity index (χ3v) is 1.33. The predicted octanol–water partition coefficient (Wildman–Crippen LogP) is 0.635. The molecule has 0 aliphatic rings. The summed E-state index contributed by atoms with van der Waals surface area (Å²) < 4.78 is 4.81. The van der Waals surface area contributed by atoms with Crippen LogP contribution in [-0.2, 0) is 0 Å². The Balaban J connectivity index is 3.09. The molecule has 2 aromatic heterocycles. The van der Waals surface area contributed by atoms with Gasteiger partial charge in [0, 0.05) is 6.20 Å². The van der Waals surface area contributed by atoms with E-state index in [-0.39, 0.29) is 0 Å². The van der Waals surface area contributed by atoms with E-state index in [9.17, 15) is 0 Å². The van der Waals surface area contributed by atoms with Crippen molar-refractivity contribution in [2.75, 3.05) is 0 Å². The van der Waals surface area contributed by atoms with E-state index in [1.54, 1.807) is 12.3 Å². The molecule has 2 heterocycles. The van der Waals surface area contributed by atoms with Gasteiger partial charge in [0.05, 0.1) is 16.9 Å². The van der Waals surface area contributed by atoms with Crippen molar-refractivity contribution in [2.24, 2.45) is 0 Å². The molecule has 50 valence electrons. The Morgan fingerprint density at radius 1 is 1.60 bits per heavy atom. The van der Waals surface area contributed by atoms with Gasteiger partial charge in [-0.3, -0.25) is 5.41 Å². The summed E-state index contributed by atoms with van der Waals surface area (Å²) in [6.45, 7) is 0. The van der Waals surface area contributed by atoms with Gasteiger partial charge in [0.25, 0.3) is 0 Å². The maximum Gasteiger partial charge on any atom is 0.236 e. The van der Waals surface area contributed by atoms with E-state index in [0.717, 1.165) is 5.39 Å². The van der Waals surface area contributed by atoms with Crippen LogP contribution < -0.4 is 5.36 Å². The second-order valence-electron chi connectivity index (χ2n) is 1.96.